The van der Waals surface area contributed by atoms with Crippen LogP contribution in [0.4, 0.5) is 23.7 Å². The summed E-state index contributed by atoms with van der Waals surface area (Å²) in [4.78, 5) is 45.1. The molecule has 40 heavy (non-hydrogen) atoms. The van der Waals surface area contributed by atoms with E-state index < -0.39 is 28.7 Å². The molecule has 1 aliphatic heterocycles. The molecular formula is C27H28F3N5O5. The van der Waals surface area contributed by atoms with Crippen molar-refractivity contribution in [2.75, 3.05) is 53.4 Å². The first-order valence-electron chi connectivity index (χ1n) is 12.5. The van der Waals surface area contributed by atoms with Crippen LogP contribution in [0.5, 0.6) is 0 Å². The number of benzene rings is 2. The minimum absolute atomic E-state index is 0.131. The van der Waals surface area contributed by atoms with E-state index in [2.05, 4.69) is 4.98 Å². The molecule has 1 fully saturated rings. The molecule has 0 aliphatic carbocycles. The van der Waals surface area contributed by atoms with Gasteiger partial charge in [-0.3, -0.25) is 14.9 Å². The van der Waals surface area contributed by atoms with Crippen LogP contribution in [0, 0.1) is 10.1 Å². The maximum atomic E-state index is 13.7. The highest BCUT2D eigenvalue weighted by Gasteiger charge is 2.32. The number of aromatic nitrogens is 1. The number of halogens is 3. The van der Waals surface area contributed by atoms with Crippen molar-refractivity contribution in [3.05, 3.63) is 75.8 Å². The second-order valence-corrected chi connectivity index (χ2v) is 9.52. The molecule has 1 aliphatic rings. The zero-order chi connectivity index (χ0) is 29.0. The van der Waals surface area contributed by atoms with Crippen molar-refractivity contribution in [2.24, 2.45) is 0 Å². The fraction of sp³-hybridized carbons (Fsp3) is 0.333. The molecule has 1 N–H and O–H groups in total. The molecule has 0 unspecified atom stereocenters. The van der Waals surface area contributed by atoms with Crippen molar-refractivity contribution in [3.63, 3.8) is 0 Å². The van der Waals surface area contributed by atoms with E-state index in [1.807, 2.05) is 19.0 Å². The molecule has 0 bridgehead atoms. The number of para-hydroxylation sites is 1. The molecule has 0 saturated carbocycles. The Kier molecular flexibility index (Phi) is 8.43. The number of hydrogen-bond donors (Lipinski definition) is 1. The molecular weight excluding hydrogens is 531 g/mol. The van der Waals surface area contributed by atoms with Gasteiger partial charge in [-0.15, -0.1) is 0 Å². The number of piperazine rings is 1. The van der Waals surface area contributed by atoms with Gasteiger partial charge in [0.25, 0.3) is 11.6 Å². The molecule has 2 aromatic carbocycles. The van der Waals surface area contributed by atoms with Crippen LogP contribution in [0.1, 0.15) is 15.9 Å². The number of nitro benzene ring substituents is 1. The summed E-state index contributed by atoms with van der Waals surface area (Å²) in [6, 6.07) is 11.8. The van der Waals surface area contributed by atoms with Crippen LogP contribution < -0.4 is 0 Å². The van der Waals surface area contributed by atoms with Crippen LogP contribution in [0.2, 0.25) is 0 Å². The van der Waals surface area contributed by atoms with Crippen LogP contribution in [0.25, 0.3) is 22.5 Å². The Balaban J connectivity index is 1.61. The average molecular weight is 560 g/mol. The molecule has 1 aromatic heterocycles. The van der Waals surface area contributed by atoms with Crippen LogP contribution in [-0.4, -0.2) is 90.0 Å². The second kappa shape index (κ2) is 11.8. The van der Waals surface area contributed by atoms with Gasteiger partial charge in [-0.05, 0) is 43.9 Å². The minimum atomic E-state index is -4.51. The number of likely N-dealkylation sites (N-methyl/N-ethyl adjacent to an activating group) is 1. The van der Waals surface area contributed by atoms with Gasteiger partial charge in [-0.2, -0.15) is 13.2 Å². The SMILES string of the molecule is CN(C)CCOC(=O)N1CCN(C(=O)c2cc(-c3ccc(C(F)(F)F)cc3)[nH]c2-c2ccccc2[N+](=O)[O-])CC1. The van der Waals surface area contributed by atoms with Crippen molar-refractivity contribution in [1.82, 2.24) is 19.7 Å². The molecule has 2 amide bonds. The van der Waals surface area contributed by atoms with E-state index in [4.69, 9.17) is 4.74 Å². The summed E-state index contributed by atoms with van der Waals surface area (Å²) in [5.41, 5.74) is 0.116. The third kappa shape index (κ3) is 6.42. The summed E-state index contributed by atoms with van der Waals surface area (Å²) in [6.45, 7) is 1.71. The highest BCUT2D eigenvalue weighted by atomic mass is 19.4. The Hall–Kier alpha value is -4.39. The number of hydrogen-bond acceptors (Lipinski definition) is 6. The number of aromatic amines is 1. The van der Waals surface area contributed by atoms with Crippen molar-refractivity contribution in [1.29, 1.82) is 0 Å². The number of carbonyl (C=O) groups is 2. The maximum Gasteiger partial charge on any atom is 0.416 e. The number of alkyl halides is 3. The van der Waals surface area contributed by atoms with E-state index in [1.54, 1.807) is 6.07 Å². The topological polar surface area (TPSA) is 112 Å². The third-order valence-corrected chi connectivity index (χ3v) is 6.53. The number of nitrogens with zero attached hydrogens (tertiary/aromatic N) is 4. The van der Waals surface area contributed by atoms with Crippen molar-refractivity contribution >= 4 is 17.7 Å². The molecule has 0 atom stereocenters. The Morgan fingerprint density at radius 2 is 1.65 bits per heavy atom. The van der Waals surface area contributed by atoms with Crippen molar-refractivity contribution in [2.45, 2.75) is 6.18 Å². The summed E-state index contributed by atoms with van der Waals surface area (Å²) < 4.78 is 44.4. The number of nitrogens with one attached hydrogen (secondary N) is 1. The zero-order valence-corrected chi connectivity index (χ0v) is 21.9. The lowest BCUT2D eigenvalue weighted by atomic mass is 10.0. The molecule has 2 heterocycles. The number of ether oxygens (including phenoxy) is 1. The molecule has 0 spiro atoms. The lowest BCUT2D eigenvalue weighted by Gasteiger charge is -2.34. The Labute approximate surface area is 228 Å². The molecule has 0 radical (unpaired) electrons. The van der Waals surface area contributed by atoms with E-state index >= 15 is 0 Å². The first-order valence-corrected chi connectivity index (χ1v) is 12.5. The summed E-state index contributed by atoms with van der Waals surface area (Å²) in [5.74, 6) is -0.428. The smallest absolute Gasteiger partial charge is 0.416 e. The largest absolute Gasteiger partial charge is 0.448 e. The Bertz CT molecular complexity index is 1380. The minimum Gasteiger partial charge on any atom is -0.448 e. The van der Waals surface area contributed by atoms with Gasteiger partial charge in [0.2, 0.25) is 0 Å². The quantitative estimate of drug-likeness (QED) is 0.331. The van der Waals surface area contributed by atoms with Gasteiger partial charge in [0.05, 0.1) is 27.3 Å². The summed E-state index contributed by atoms with van der Waals surface area (Å²) in [6.07, 6.45) is -4.98. The first kappa shape index (κ1) is 28.6. The van der Waals surface area contributed by atoms with Gasteiger partial charge < -0.3 is 24.4 Å². The van der Waals surface area contributed by atoms with Gasteiger partial charge in [-0.25, -0.2) is 4.79 Å². The highest BCUT2D eigenvalue weighted by Crippen LogP contribution is 2.36. The zero-order valence-electron chi connectivity index (χ0n) is 21.9. The molecule has 4 rings (SSSR count). The van der Waals surface area contributed by atoms with Gasteiger partial charge in [-0.1, -0.05) is 24.3 Å². The number of rotatable bonds is 7. The third-order valence-electron chi connectivity index (χ3n) is 6.53. The fourth-order valence-electron chi connectivity index (χ4n) is 4.34. The average Bonchev–Trinajstić information content (AvgIpc) is 3.37. The first-order chi connectivity index (χ1) is 19.0. The second-order valence-electron chi connectivity index (χ2n) is 9.52. The lowest BCUT2D eigenvalue weighted by Crippen LogP contribution is -2.51. The summed E-state index contributed by atoms with van der Waals surface area (Å²) >= 11 is 0. The summed E-state index contributed by atoms with van der Waals surface area (Å²) in [5, 5.41) is 11.7. The van der Waals surface area contributed by atoms with Gasteiger partial charge >= 0.3 is 12.3 Å². The van der Waals surface area contributed by atoms with Crippen molar-refractivity contribution in [3.8, 4) is 22.5 Å². The van der Waals surface area contributed by atoms with Crippen LogP contribution in [-0.2, 0) is 10.9 Å². The predicted molar refractivity (Wildman–Crippen MR) is 141 cm³/mol. The molecule has 13 heteroatoms. The Morgan fingerprint density at radius 1 is 1.02 bits per heavy atom. The standard InChI is InChI=1S/C27H28F3N5O5/c1-32(2)15-16-40-26(37)34-13-11-33(12-14-34)25(36)21-17-22(18-7-9-19(10-8-18)27(28,29)30)31-24(21)20-5-3-4-6-23(20)35(38)39/h3-10,17,31H,11-16H2,1-2H3. The van der Waals surface area contributed by atoms with E-state index in [0.29, 0.717) is 17.8 Å². The maximum absolute atomic E-state index is 13.7. The lowest BCUT2D eigenvalue weighted by molar-refractivity contribution is -0.384. The van der Waals surface area contributed by atoms with E-state index in [0.717, 1.165) is 12.1 Å². The van der Waals surface area contributed by atoms with E-state index in [1.165, 1.54) is 46.2 Å². The van der Waals surface area contributed by atoms with E-state index in [-0.39, 0.29) is 55.3 Å². The number of carbonyl (C=O) groups excluding carboxylic acids is 2. The molecule has 1 saturated heterocycles. The molecule has 10 nitrogen and oxygen atoms in total. The van der Waals surface area contributed by atoms with Crippen LogP contribution >= 0.6 is 0 Å². The monoisotopic (exact) mass is 559 g/mol. The van der Waals surface area contributed by atoms with Gasteiger partial charge in [0.15, 0.2) is 0 Å². The van der Waals surface area contributed by atoms with Crippen LogP contribution in [0.3, 0.4) is 0 Å². The highest BCUT2D eigenvalue weighted by molar-refractivity contribution is 6.02. The predicted octanol–water partition coefficient (Wildman–Crippen LogP) is 4.73. The van der Waals surface area contributed by atoms with Crippen LogP contribution in [0.15, 0.2) is 54.6 Å². The number of H-pyrrole nitrogens is 1. The van der Waals surface area contributed by atoms with E-state index in [9.17, 15) is 32.9 Å². The molecule has 3 aromatic rings. The fourth-order valence-corrected chi connectivity index (χ4v) is 4.34. The molecule has 212 valence electrons. The number of amides is 2. The Morgan fingerprint density at radius 3 is 2.25 bits per heavy atom. The summed E-state index contributed by atoms with van der Waals surface area (Å²) in [7, 11) is 3.72. The van der Waals surface area contributed by atoms with Gasteiger partial charge in [0, 0.05) is 44.5 Å². The normalized spacial score (nSPS) is 13.9. The number of nitro groups is 1. The van der Waals surface area contributed by atoms with Crippen molar-refractivity contribution < 1.29 is 32.4 Å². The van der Waals surface area contributed by atoms with Gasteiger partial charge in [0.1, 0.15) is 6.61 Å².